The second-order valence-electron chi connectivity index (χ2n) is 2.72. The van der Waals surface area contributed by atoms with E-state index in [-0.39, 0.29) is 71.4 Å². The zero-order valence-electron chi connectivity index (χ0n) is 9.64. The van der Waals surface area contributed by atoms with Crippen LogP contribution in [0.5, 0.6) is 0 Å². The number of nitrogens with one attached hydrogen (secondary N) is 1. The van der Waals surface area contributed by atoms with Crippen LogP contribution in [0.3, 0.4) is 0 Å². The maximum absolute atomic E-state index is 10.7. The summed E-state index contributed by atoms with van der Waals surface area (Å²) >= 11 is 0. The van der Waals surface area contributed by atoms with Crippen molar-refractivity contribution in [3.8, 4) is 0 Å². The Morgan fingerprint density at radius 3 is 2.88 bits per heavy atom. The first-order chi connectivity index (χ1) is 7.33. The van der Waals surface area contributed by atoms with Gasteiger partial charge in [0.15, 0.2) is 0 Å². The molecule has 1 aromatic rings. The second kappa shape index (κ2) is 12.8. The molecular weight excluding hydrogens is 370 g/mol. The molecule has 0 aliphatic rings. The quantitative estimate of drug-likeness (QED) is 0.208. The molecule has 0 amide bonds. The number of methoxy groups -OCH3 is 1. The molecular formula is C11H12N2O2Y2-2. The van der Waals surface area contributed by atoms with Crippen LogP contribution in [0.1, 0.15) is 6.42 Å². The van der Waals surface area contributed by atoms with Crippen molar-refractivity contribution >= 4 is 18.0 Å². The van der Waals surface area contributed by atoms with Crippen molar-refractivity contribution in [2.75, 3.05) is 13.7 Å². The molecule has 17 heavy (non-hydrogen) atoms. The molecule has 0 aliphatic heterocycles. The molecule has 86 valence electrons. The van der Waals surface area contributed by atoms with Gasteiger partial charge >= 0.3 is 5.97 Å². The average Bonchev–Trinajstić information content (AvgIpc) is 2.29. The number of carbonyl (C=O) groups excluding carboxylic acids is 1. The third-order valence-electron chi connectivity index (χ3n) is 1.63. The Bertz CT molecular complexity index is 332. The van der Waals surface area contributed by atoms with Crippen LogP contribution in [-0.4, -0.2) is 26.0 Å². The molecule has 0 spiro atoms. The van der Waals surface area contributed by atoms with Gasteiger partial charge in [0.1, 0.15) is 0 Å². The zero-order chi connectivity index (χ0) is 10.9. The van der Waals surface area contributed by atoms with Crippen molar-refractivity contribution in [1.82, 2.24) is 5.32 Å². The predicted molar refractivity (Wildman–Crippen MR) is 57.0 cm³/mol. The number of hydrogen-bond acceptors (Lipinski definition) is 3. The van der Waals surface area contributed by atoms with Crippen LogP contribution >= 0.6 is 0 Å². The first-order valence-electron chi connectivity index (χ1n) is 4.55. The van der Waals surface area contributed by atoms with Crippen LogP contribution in [-0.2, 0) is 74.9 Å². The fourth-order valence-corrected chi connectivity index (χ4v) is 0.876. The molecule has 2 radical (unpaired) electrons. The van der Waals surface area contributed by atoms with Gasteiger partial charge in [-0.2, -0.15) is 18.2 Å². The van der Waals surface area contributed by atoms with E-state index in [9.17, 15) is 4.79 Å². The first kappa shape index (κ1) is 19.7. The van der Waals surface area contributed by atoms with Gasteiger partial charge in [0.05, 0.1) is 13.5 Å². The van der Waals surface area contributed by atoms with Crippen LogP contribution in [0.15, 0.2) is 29.3 Å². The summed E-state index contributed by atoms with van der Waals surface area (Å²) in [5, 5.41) is 2.76. The predicted octanol–water partition coefficient (Wildman–Crippen LogP) is 1.17. The number of nitrogens with zero attached hydrogens (tertiary/aromatic N) is 1. The van der Waals surface area contributed by atoms with Gasteiger partial charge in [-0.25, -0.2) is 11.8 Å². The van der Waals surface area contributed by atoms with Gasteiger partial charge in [-0.1, -0.05) is 6.34 Å². The minimum atomic E-state index is -0.254. The van der Waals surface area contributed by atoms with Crippen LogP contribution < -0.4 is 5.32 Å². The van der Waals surface area contributed by atoms with Gasteiger partial charge in [0.2, 0.25) is 0 Å². The van der Waals surface area contributed by atoms with E-state index in [4.69, 9.17) is 0 Å². The Balaban J connectivity index is 0. The molecule has 4 nitrogen and oxygen atoms in total. The van der Waals surface area contributed by atoms with E-state index in [1.165, 1.54) is 7.11 Å². The number of esters is 1. The van der Waals surface area contributed by atoms with E-state index in [2.05, 4.69) is 27.5 Å². The van der Waals surface area contributed by atoms with E-state index in [1.54, 1.807) is 6.07 Å². The van der Waals surface area contributed by atoms with Crippen molar-refractivity contribution in [3.05, 3.63) is 30.3 Å². The van der Waals surface area contributed by atoms with Crippen LogP contribution in [0.25, 0.3) is 0 Å². The van der Waals surface area contributed by atoms with E-state index in [0.717, 1.165) is 0 Å². The van der Waals surface area contributed by atoms with Gasteiger partial charge in [0.25, 0.3) is 0 Å². The number of benzene rings is 1. The number of hydrogen-bond donors (Lipinski definition) is 1. The molecule has 0 unspecified atom stereocenters. The van der Waals surface area contributed by atoms with Gasteiger partial charge in [-0.15, -0.1) is 0 Å². The molecule has 6 heteroatoms. The summed E-state index contributed by atoms with van der Waals surface area (Å²) < 4.78 is 4.47. The fraction of sp³-hybridized carbons (Fsp3) is 0.273. The molecule has 0 aliphatic carbocycles. The number of ether oxygens (including phenoxy) is 1. The summed E-state index contributed by atoms with van der Waals surface area (Å²) in [5.74, 6) is -0.254. The maximum Gasteiger partial charge on any atom is 0.307 e. The van der Waals surface area contributed by atoms with Crippen LogP contribution in [0.4, 0.5) is 5.69 Å². The Morgan fingerprint density at radius 1 is 1.53 bits per heavy atom. The number of carbonyl (C=O) groups is 1. The molecule has 1 aromatic carbocycles. The molecule has 1 rings (SSSR count). The molecule has 0 saturated heterocycles. The number of para-hydroxylation sites is 1. The molecule has 0 aromatic heterocycles. The fourth-order valence-electron chi connectivity index (χ4n) is 0.876. The summed E-state index contributed by atoms with van der Waals surface area (Å²) in [6.07, 6.45) is 2.92. The van der Waals surface area contributed by atoms with E-state index in [0.29, 0.717) is 18.7 Å². The summed E-state index contributed by atoms with van der Waals surface area (Å²) in [7, 11) is 1.36. The van der Waals surface area contributed by atoms with Crippen LogP contribution in [0.2, 0.25) is 0 Å². The third-order valence-corrected chi connectivity index (χ3v) is 1.63. The summed E-state index contributed by atoms with van der Waals surface area (Å²) in [6.45, 7) is 0.461. The average molecular weight is 382 g/mol. The van der Waals surface area contributed by atoms with Gasteiger partial charge in [-0.3, -0.25) is 10.9 Å². The van der Waals surface area contributed by atoms with E-state index >= 15 is 0 Å². The maximum atomic E-state index is 10.7. The SMILES string of the molecule is COC(=O)CCN[C-]=Nc1[c-]cccc1.[Y].[Y]. The van der Waals surface area contributed by atoms with Gasteiger partial charge in [-0.05, 0) is 0 Å². The summed E-state index contributed by atoms with van der Waals surface area (Å²) in [6, 6.07) is 10.2. The second-order valence-corrected chi connectivity index (χ2v) is 2.72. The normalized spacial score (nSPS) is 9.00. The Morgan fingerprint density at radius 2 is 2.29 bits per heavy atom. The minimum absolute atomic E-state index is 0. The topological polar surface area (TPSA) is 50.7 Å². The smallest absolute Gasteiger partial charge is 0.307 e. The van der Waals surface area contributed by atoms with Crippen LogP contribution in [0, 0.1) is 6.07 Å². The minimum Gasteiger partial charge on any atom is -0.469 e. The van der Waals surface area contributed by atoms with Crippen molar-refractivity contribution in [1.29, 1.82) is 0 Å². The third kappa shape index (κ3) is 10.0. The van der Waals surface area contributed by atoms with Crippen molar-refractivity contribution < 1.29 is 74.9 Å². The summed E-state index contributed by atoms with van der Waals surface area (Å²) in [5.41, 5.74) is 0.697. The largest absolute Gasteiger partial charge is 0.469 e. The van der Waals surface area contributed by atoms with Gasteiger partial charge < -0.3 is 15.0 Å². The van der Waals surface area contributed by atoms with Crippen molar-refractivity contribution in [3.63, 3.8) is 0 Å². The monoisotopic (exact) mass is 382 g/mol. The molecule has 1 N–H and O–H groups in total. The van der Waals surface area contributed by atoms with Crippen molar-refractivity contribution in [2.24, 2.45) is 4.99 Å². The Kier molecular flexibility index (Phi) is 14.9. The molecule has 0 saturated carbocycles. The van der Waals surface area contributed by atoms with Gasteiger partial charge in [0, 0.05) is 72.0 Å². The van der Waals surface area contributed by atoms with E-state index in [1.807, 2.05) is 18.2 Å². The molecule has 0 bridgehead atoms. The molecule has 0 heterocycles. The number of rotatable bonds is 5. The zero-order valence-corrected chi connectivity index (χ0v) is 15.3. The standard InChI is InChI=1S/C11H12N2O2.2Y/c1-15-11(14)7-8-12-9-13-10-5-3-2-4-6-10;;/h2-5H,7-8H2,1H3,(H,12,13);;/q-2;;. The Hall–Kier alpha value is 0.368. The Labute approximate surface area is 152 Å². The van der Waals surface area contributed by atoms with Crippen molar-refractivity contribution in [2.45, 2.75) is 6.42 Å². The first-order valence-corrected chi connectivity index (χ1v) is 4.55. The summed E-state index contributed by atoms with van der Waals surface area (Å²) in [4.78, 5) is 14.7. The molecule has 0 fully saturated rings. The molecule has 0 atom stereocenters. The van der Waals surface area contributed by atoms with E-state index < -0.39 is 0 Å². The number of aliphatic imine (C=N–C) groups is 1.